The summed E-state index contributed by atoms with van der Waals surface area (Å²) in [5, 5.41) is 17.1. The number of nitrogens with zero attached hydrogens (tertiary/aromatic N) is 4. The molecule has 1 aromatic carbocycles. The summed E-state index contributed by atoms with van der Waals surface area (Å²) >= 11 is 1.08. The van der Waals surface area contributed by atoms with E-state index in [1.165, 1.54) is 0 Å². The van der Waals surface area contributed by atoms with E-state index >= 15 is 0 Å². The van der Waals surface area contributed by atoms with Crippen molar-refractivity contribution in [2.45, 2.75) is 6.42 Å². The quantitative estimate of drug-likeness (QED) is 0.716. The molecule has 0 aliphatic rings. The molecule has 22 heavy (non-hydrogen) atoms. The van der Waals surface area contributed by atoms with Gasteiger partial charge in [-0.3, -0.25) is 10.1 Å². The van der Waals surface area contributed by atoms with Crippen LogP contribution < -0.4 is 10.9 Å². The van der Waals surface area contributed by atoms with Gasteiger partial charge in [0.15, 0.2) is 0 Å². The lowest BCUT2D eigenvalue weighted by Gasteiger charge is -2.04. The van der Waals surface area contributed by atoms with Crippen LogP contribution >= 0.6 is 11.9 Å². The number of imidazole rings is 1. The van der Waals surface area contributed by atoms with Crippen LogP contribution in [0.2, 0.25) is 0 Å². The average Bonchev–Trinajstić information content (AvgIpc) is 2.83. The van der Waals surface area contributed by atoms with Gasteiger partial charge in [-0.2, -0.15) is 5.26 Å². The van der Waals surface area contributed by atoms with Gasteiger partial charge in [-0.05, 0) is 18.2 Å². The molecule has 0 unspecified atom stereocenters. The first-order valence-electron chi connectivity index (χ1n) is 6.58. The fraction of sp³-hybridized carbons (Fsp3) is 0.133. The van der Waals surface area contributed by atoms with E-state index in [0.29, 0.717) is 17.7 Å². The molecule has 6 nitrogen and oxygen atoms in total. The van der Waals surface area contributed by atoms with Crippen molar-refractivity contribution in [2.24, 2.45) is 17.9 Å². The molecule has 0 atom stereocenters. The maximum absolute atomic E-state index is 9.09. The lowest BCUT2D eigenvalue weighted by molar-refractivity contribution is 0.836. The van der Waals surface area contributed by atoms with Crippen LogP contribution in [-0.4, -0.2) is 14.5 Å². The molecule has 0 amide bonds. The minimum absolute atomic E-state index is 0.509. The summed E-state index contributed by atoms with van der Waals surface area (Å²) < 4.78 is 1.99. The summed E-state index contributed by atoms with van der Waals surface area (Å²) in [5.41, 5.74) is 9.74. The monoisotopic (exact) mass is 310 g/mol. The van der Waals surface area contributed by atoms with Crippen LogP contribution in [0.15, 0.2) is 35.5 Å². The van der Waals surface area contributed by atoms with Crippen molar-refractivity contribution >= 4 is 33.9 Å². The number of hydrogen-bond acceptors (Lipinski definition) is 6. The van der Waals surface area contributed by atoms with E-state index in [1.807, 2.05) is 23.7 Å². The first-order valence-corrected chi connectivity index (χ1v) is 7.52. The van der Waals surface area contributed by atoms with Crippen LogP contribution in [0, 0.1) is 11.3 Å². The Kier molecular flexibility index (Phi) is 3.71. The Labute approximate surface area is 131 Å². The molecule has 0 saturated heterocycles. The maximum Gasteiger partial charge on any atom is 0.115 e. The highest BCUT2D eigenvalue weighted by Crippen LogP contribution is 2.25. The van der Waals surface area contributed by atoms with Gasteiger partial charge in [-0.25, -0.2) is 4.98 Å². The highest BCUT2D eigenvalue weighted by atomic mass is 32.2. The molecule has 0 aliphatic heterocycles. The summed E-state index contributed by atoms with van der Waals surface area (Å²) in [5.74, 6) is 0.828. The Hall–Kier alpha value is -2.56. The van der Waals surface area contributed by atoms with E-state index in [9.17, 15) is 0 Å². The Morgan fingerprint density at radius 1 is 1.45 bits per heavy atom. The molecule has 2 aromatic heterocycles. The first kappa shape index (κ1) is 14.4. The minimum Gasteiger partial charge on any atom is -0.401 e. The predicted octanol–water partition coefficient (Wildman–Crippen LogP) is 1.94. The maximum atomic E-state index is 9.09. The van der Waals surface area contributed by atoms with Crippen LogP contribution in [0.4, 0.5) is 0 Å². The third-order valence-electron chi connectivity index (χ3n) is 3.50. The van der Waals surface area contributed by atoms with Crippen LogP contribution in [-0.2, 0) is 13.5 Å². The summed E-state index contributed by atoms with van der Waals surface area (Å²) in [7, 11) is 1.94. The molecule has 0 radical (unpaired) electrons. The standard InChI is InChI=1S/C15H14N6S/c1-21-14(5-10(17)8-22-18)20-13-7-19-12-3-2-9(6-16)4-11(12)15(13)21/h2-4,7-8H,5,17-18H2,1H3/b10-8-. The minimum atomic E-state index is 0.509. The fourth-order valence-electron chi connectivity index (χ4n) is 2.48. The lowest BCUT2D eigenvalue weighted by Crippen LogP contribution is -2.06. The summed E-state index contributed by atoms with van der Waals surface area (Å²) in [4.78, 5) is 8.99. The van der Waals surface area contributed by atoms with Crippen molar-refractivity contribution < 1.29 is 0 Å². The number of aromatic nitrogens is 3. The topological polar surface area (TPSA) is 107 Å². The second kappa shape index (κ2) is 5.67. The number of aryl methyl sites for hydroxylation is 1. The zero-order chi connectivity index (χ0) is 15.7. The van der Waals surface area contributed by atoms with Gasteiger partial charge >= 0.3 is 0 Å². The molecule has 4 N–H and O–H groups in total. The zero-order valence-electron chi connectivity index (χ0n) is 11.9. The number of rotatable bonds is 3. The van der Waals surface area contributed by atoms with Crippen molar-refractivity contribution in [1.82, 2.24) is 14.5 Å². The van der Waals surface area contributed by atoms with E-state index in [1.54, 1.807) is 17.7 Å². The van der Waals surface area contributed by atoms with E-state index in [-0.39, 0.29) is 0 Å². The van der Waals surface area contributed by atoms with Gasteiger partial charge in [-0.1, -0.05) is 11.9 Å². The van der Waals surface area contributed by atoms with Crippen molar-refractivity contribution in [3.8, 4) is 6.07 Å². The molecule has 0 spiro atoms. The molecular formula is C15H14N6S. The van der Waals surface area contributed by atoms with Gasteiger partial charge in [0.25, 0.3) is 0 Å². The molecule has 3 aromatic rings. The van der Waals surface area contributed by atoms with Crippen LogP contribution in [0.3, 0.4) is 0 Å². The predicted molar refractivity (Wildman–Crippen MR) is 88.5 cm³/mol. The Balaban J connectivity index is 2.23. The largest absolute Gasteiger partial charge is 0.401 e. The molecule has 0 aliphatic carbocycles. The van der Waals surface area contributed by atoms with Crippen LogP contribution in [0.1, 0.15) is 11.4 Å². The molecular weight excluding hydrogens is 296 g/mol. The van der Waals surface area contributed by atoms with Crippen LogP contribution in [0.25, 0.3) is 21.9 Å². The van der Waals surface area contributed by atoms with Gasteiger partial charge in [0.2, 0.25) is 0 Å². The van der Waals surface area contributed by atoms with Gasteiger partial charge in [-0.15, -0.1) is 0 Å². The van der Waals surface area contributed by atoms with E-state index < -0.39 is 0 Å². The normalized spacial score (nSPS) is 12.0. The van der Waals surface area contributed by atoms with Gasteiger partial charge in [0.1, 0.15) is 11.3 Å². The Morgan fingerprint density at radius 3 is 3.00 bits per heavy atom. The molecule has 0 saturated carbocycles. The molecule has 2 heterocycles. The third kappa shape index (κ3) is 2.39. The Morgan fingerprint density at radius 2 is 2.27 bits per heavy atom. The number of benzene rings is 1. The first-order chi connectivity index (χ1) is 10.6. The Bertz CT molecular complexity index is 934. The second-order valence-corrected chi connectivity index (χ2v) is 5.44. The van der Waals surface area contributed by atoms with E-state index in [0.717, 1.165) is 39.7 Å². The van der Waals surface area contributed by atoms with Gasteiger partial charge in [0.05, 0.1) is 28.9 Å². The number of nitrogens with two attached hydrogens (primary N) is 2. The summed E-state index contributed by atoms with van der Waals surface area (Å²) in [6.07, 6.45) is 2.25. The van der Waals surface area contributed by atoms with Crippen molar-refractivity contribution in [2.75, 3.05) is 0 Å². The number of fused-ring (bicyclic) bond motifs is 3. The SMILES string of the molecule is Cn1c(C/C(N)=C/SN)nc2cnc3ccc(C#N)cc3c21. The molecule has 110 valence electrons. The van der Waals surface area contributed by atoms with Crippen molar-refractivity contribution in [3.63, 3.8) is 0 Å². The third-order valence-corrected chi connectivity index (χ3v) is 3.94. The second-order valence-electron chi connectivity index (χ2n) is 4.93. The van der Waals surface area contributed by atoms with Gasteiger partial charge in [0, 0.05) is 30.0 Å². The van der Waals surface area contributed by atoms with Crippen molar-refractivity contribution in [1.29, 1.82) is 5.26 Å². The number of nitriles is 1. The summed E-state index contributed by atoms with van der Waals surface area (Å²) in [6.45, 7) is 0. The zero-order valence-corrected chi connectivity index (χ0v) is 12.8. The smallest absolute Gasteiger partial charge is 0.115 e. The molecule has 7 heteroatoms. The highest BCUT2D eigenvalue weighted by Gasteiger charge is 2.12. The number of hydrogen-bond donors (Lipinski definition) is 2. The van der Waals surface area contributed by atoms with E-state index in [2.05, 4.69) is 16.0 Å². The number of allylic oxidation sites excluding steroid dienone is 1. The van der Waals surface area contributed by atoms with E-state index in [4.69, 9.17) is 16.1 Å². The molecule has 3 rings (SSSR count). The average molecular weight is 310 g/mol. The molecule has 0 fully saturated rings. The summed E-state index contributed by atoms with van der Waals surface area (Å²) in [6, 6.07) is 7.60. The van der Waals surface area contributed by atoms with Crippen molar-refractivity contribution in [3.05, 3.63) is 46.9 Å². The molecule has 0 bridgehead atoms. The highest BCUT2D eigenvalue weighted by molar-refractivity contribution is 7.99. The van der Waals surface area contributed by atoms with Crippen LogP contribution in [0.5, 0.6) is 0 Å². The fourth-order valence-corrected chi connectivity index (χ4v) is 2.74. The number of pyridine rings is 1. The lowest BCUT2D eigenvalue weighted by atomic mass is 10.1. The van der Waals surface area contributed by atoms with Gasteiger partial charge < -0.3 is 10.3 Å².